The zero-order valence-corrected chi connectivity index (χ0v) is 19.6. The maximum Gasteiger partial charge on any atom is 0.253 e. The Labute approximate surface area is 193 Å². The van der Waals surface area contributed by atoms with Crippen molar-refractivity contribution in [2.45, 2.75) is 45.4 Å². The topological polar surface area (TPSA) is 77.0 Å². The van der Waals surface area contributed by atoms with Crippen LogP contribution in [0.3, 0.4) is 0 Å². The van der Waals surface area contributed by atoms with Gasteiger partial charge in [0.1, 0.15) is 0 Å². The van der Waals surface area contributed by atoms with Crippen molar-refractivity contribution in [1.82, 2.24) is 24.8 Å². The van der Waals surface area contributed by atoms with E-state index in [1.165, 1.54) is 5.56 Å². The van der Waals surface area contributed by atoms with E-state index in [1.807, 2.05) is 47.8 Å². The number of carbonyl (C=O) groups is 1. The first-order valence-electron chi connectivity index (χ1n) is 11.6. The quantitative estimate of drug-likeness (QED) is 0.440. The van der Waals surface area contributed by atoms with E-state index in [9.17, 15) is 4.79 Å². The van der Waals surface area contributed by atoms with E-state index < -0.39 is 0 Å². The molecule has 0 aliphatic carbocycles. The molecule has 170 valence electrons. The molecule has 0 spiro atoms. The number of hydrogen-bond acceptors (Lipinski definition) is 5. The molecule has 0 unspecified atom stereocenters. The summed E-state index contributed by atoms with van der Waals surface area (Å²) in [5.41, 5.74) is 4.98. The standard InChI is InChI=1S/C26H29N5O2/c1-16(2)18-5-7-20(8-6-18)26(32)31-13-11-19(12-14-31)25-27-24(29-33-25)21-9-10-23-22(15-21)17(3)28-30(23)4/h5-10,15-16,19H,11-14H2,1-4H3. The lowest BCUT2D eigenvalue weighted by Crippen LogP contribution is -2.38. The minimum atomic E-state index is 0.0927. The summed E-state index contributed by atoms with van der Waals surface area (Å²) < 4.78 is 7.52. The number of likely N-dealkylation sites (tertiary alicyclic amines) is 1. The molecule has 33 heavy (non-hydrogen) atoms. The van der Waals surface area contributed by atoms with Gasteiger partial charge in [-0.05, 0) is 61.6 Å². The Morgan fingerprint density at radius 1 is 1.09 bits per heavy atom. The number of nitrogens with zero attached hydrogens (tertiary/aromatic N) is 5. The van der Waals surface area contributed by atoms with Gasteiger partial charge in [-0.1, -0.05) is 31.1 Å². The van der Waals surface area contributed by atoms with Gasteiger partial charge in [-0.15, -0.1) is 0 Å². The minimum Gasteiger partial charge on any atom is -0.339 e. The molecule has 7 heteroatoms. The van der Waals surface area contributed by atoms with Crippen molar-refractivity contribution < 1.29 is 9.32 Å². The first kappa shape index (κ1) is 21.4. The zero-order chi connectivity index (χ0) is 23.1. The van der Waals surface area contributed by atoms with Gasteiger partial charge in [0.25, 0.3) is 5.91 Å². The normalized spacial score (nSPS) is 15.0. The van der Waals surface area contributed by atoms with Gasteiger partial charge < -0.3 is 9.42 Å². The maximum absolute atomic E-state index is 12.9. The van der Waals surface area contributed by atoms with Crippen molar-refractivity contribution in [2.75, 3.05) is 13.1 Å². The second-order valence-electron chi connectivity index (χ2n) is 9.24. The molecule has 0 atom stereocenters. The molecule has 4 aromatic rings. The van der Waals surface area contributed by atoms with E-state index in [0.29, 0.717) is 30.7 Å². The molecule has 2 aromatic heterocycles. The largest absolute Gasteiger partial charge is 0.339 e. The highest BCUT2D eigenvalue weighted by Crippen LogP contribution is 2.30. The van der Waals surface area contributed by atoms with Crippen LogP contribution in [0.1, 0.15) is 66.0 Å². The van der Waals surface area contributed by atoms with E-state index in [4.69, 9.17) is 9.51 Å². The van der Waals surface area contributed by atoms with Gasteiger partial charge in [0.05, 0.1) is 11.2 Å². The van der Waals surface area contributed by atoms with E-state index in [2.05, 4.69) is 42.3 Å². The third kappa shape index (κ3) is 4.03. The van der Waals surface area contributed by atoms with E-state index >= 15 is 0 Å². The highest BCUT2D eigenvalue weighted by atomic mass is 16.5. The third-order valence-corrected chi connectivity index (χ3v) is 6.69. The van der Waals surface area contributed by atoms with Crippen molar-refractivity contribution in [1.29, 1.82) is 0 Å². The Balaban J connectivity index is 1.26. The van der Waals surface area contributed by atoms with Crippen LogP contribution in [0.5, 0.6) is 0 Å². The fraction of sp³-hybridized carbons (Fsp3) is 0.385. The number of amides is 1. The molecule has 1 fully saturated rings. The number of fused-ring (bicyclic) bond motifs is 1. The van der Waals surface area contributed by atoms with Crippen molar-refractivity contribution in [3.8, 4) is 11.4 Å². The number of benzene rings is 2. The summed E-state index contributed by atoms with van der Waals surface area (Å²) in [7, 11) is 1.94. The number of rotatable bonds is 4. The number of aryl methyl sites for hydroxylation is 2. The Morgan fingerprint density at radius 2 is 1.82 bits per heavy atom. The highest BCUT2D eigenvalue weighted by Gasteiger charge is 2.28. The molecule has 1 saturated heterocycles. The summed E-state index contributed by atoms with van der Waals surface area (Å²) in [6, 6.07) is 14.1. The van der Waals surface area contributed by atoms with E-state index in [0.717, 1.165) is 40.6 Å². The molecule has 0 radical (unpaired) electrons. The molecule has 1 aliphatic rings. The van der Waals surface area contributed by atoms with Crippen LogP contribution >= 0.6 is 0 Å². The Morgan fingerprint density at radius 3 is 2.52 bits per heavy atom. The average Bonchev–Trinajstić information content (AvgIpc) is 3.43. The predicted molar refractivity (Wildman–Crippen MR) is 127 cm³/mol. The van der Waals surface area contributed by atoms with Crippen molar-refractivity contribution >= 4 is 16.8 Å². The molecule has 2 aromatic carbocycles. The van der Waals surface area contributed by atoms with Crippen LogP contribution < -0.4 is 0 Å². The van der Waals surface area contributed by atoms with Crippen LogP contribution in [-0.4, -0.2) is 43.8 Å². The molecular weight excluding hydrogens is 414 g/mol. The SMILES string of the molecule is Cc1nn(C)c2ccc(-c3noc(C4CCN(C(=O)c5ccc(C(C)C)cc5)CC4)n3)cc12. The summed E-state index contributed by atoms with van der Waals surface area (Å²) in [6.07, 6.45) is 1.64. The molecule has 0 N–H and O–H groups in total. The molecule has 7 nitrogen and oxygen atoms in total. The molecule has 1 amide bonds. The maximum atomic E-state index is 12.9. The molecule has 0 saturated carbocycles. The van der Waals surface area contributed by atoms with Crippen LogP contribution in [0.15, 0.2) is 47.0 Å². The number of piperidine rings is 1. The van der Waals surface area contributed by atoms with Crippen LogP contribution in [0.4, 0.5) is 0 Å². The zero-order valence-electron chi connectivity index (χ0n) is 19.6. The summed E-state index contributed by atoms with van der Waals surface area (Å²) in [4.78, 5) is 19.5. The van der Waals surface area contributed by atoms with Crippen molar-refractivity contribution in [3.05, 3.63) is 65.2 Å². The summed E-state index contributed by atoms with van der Waals surface area (Å²) in [6.45, 7) is 7.69. The fourth-order valence-corrected chi connectivity index (χ4v) is 4.62. The van der Waals surface area contributed by atoms with E-state index in [1.54, 1.807) is 0 Å². The Kier molecular flexibility index (Phi) is 5.48. The predicted octanol–water partition coefficient (Wildman–Crippen LogP) is 5.07. The van der Waals surface area contributed by atoms with Gasteiger partial charge in [-0.3, -0.25) is 9.48 Å². The summed E-state index contributed by atoms with van der Waals surface area (Å²) >= 11 is 0. The highest BCUT2D eigenvalue weighted by molar-refractivity contribution is 5.94. The smallest absolute Gasteiger partial charge is 0.253 e. The molecule has 3 heterocycles. The molecule has 1 aliphatic heterocycles. The van der Waals surface area contributed by atoms with Crippen molar-refractivity contribution in [3.63, 3.8) is 0 Å². The van der Waals surface area contributed by atoms with Gasteiger partial charge in [-0.2, -0.15) is 10.1 Å². The Hall–Kier alpha value is -3.48. The second-order valence-corrected chi connectivity index (χ2v) is 9.24. The van der Waals surface area contributed by atoms with Crippen LogP contribution in [-0.2, 0) is 7.05 Å². The number of carbonyl (C=O) groups excluding carboxylic acids is 1. The first-order chi connectivity index (χ1) is 15.9. The third-order valence-electron chi connectivity index (χ3n) is 6.69. The van der Waals surface area contributed by atoms with Gasteiger partial charge in [0.15, 0.2) is 0 Å². The fourth-order valence-electron chi connectivity index (χ4n) is 4.62. The lowest BCUT2D eigenvalue weighted by atomic mass is 9.96. The van der Waals surface area contributed by atoms with Crippen LogP contribution in [0.2, 0.25) is 0 Å². The van der Waals surface area contributed by atoms with E-state index in [-0.39, 0.29) is 11.8 Å². The summed E-state index contributed by atoms with van der Waals surface area (Å²) in [5.74, 6) is 1.97. The summed E-state index contributed by atoms with van der Waals surface area (Å²) in [5, 5.41) is 9.81. The van der Waals surface area contributed by atoms with Crippen LogP contribution in [0, 0.1) is 6.92 Å². The second kappa shape index (κ2) is 8.46. The average molecular weight is 444 g/mol. The van der Waals surface area contributed by atoms with Gasteiger partial charge in [-0.25, -0.2) is 0 Å². The molecule has 0 bridgehead atoms. The molecule has 5 rings (SSSR count). The van der Waals surface area contributed by atoms with Crippen LogP contribution in [0.25, 0.3) is 22.3 Å². The lowest BCUT2D eigenvalue weighted by Gasteiger charge is -2.30. The van der Waals surface area contributed by atoms with Gasteiger partial charge >= 0.3 is 0 Å². The van der Waals surface area contributed by atoms with Crippen molar-refractivity contribution in [2.24, 2.45) is 7.05 Å². The first-order valence-corrected chi connectivity index (χ1v) is 11.6. The molecular formula is C26H29N5O2. The monoisotopic (exact) mass is 443 g/mol. The Bertz CT molecular complexity index is 1290. The number of hydrogen-bond donors (Lipinski definition) is 0. The van der Waals surface area contributed by atoms with Gasteiger partial charge in [0.2, 0.25) is 11.7 Å². The lowest BCUT2D eigenvalue weighted by molar-refractivity contribution is 0.0704. The minimum absolute atomic E-state index is 0.0927. The van der Waals surface area contributed by atoms with Gasteiger partial charge in [0, 0.05) is 42.6 Å². The number of aromatic nitrogens is 4.